The highest BCUT2D eigenvalue weighted by Crippen LogP contribution is 2.01. The van der Waals surface area contributed by atoms with E-state index in [4.69, 9.17) is 10.5 Å². The smallest absolute Gasteiger partial charge is 0.322 e. The summed E-state index contributed by atoms with van der Waals surface area (Å²) >= 11 is 0. The summed E-state index contributed by atoms with van der Waals surface area (Å²) in [7, 11) is 0. The summed E-state index contributed by atoms with van der Waals surface area (Å²) < 4.78 is 4.85. The van der Waals surface area contributed by atoms with Crippen LogP contribution in [0.2, 0.25) is 0 Å². The topological polar surface area (TPSA) is 55.6 Å². The summed E-state index contributed by atoms with van der Waals surface area (Å²) in [5.74, 6) is -0.294. The van der Waals surface area contributed by atoms with Crippen LogP contribution in [0.1, 0.15) is 34.1 Å². The van der Waals surface area contributed by atoms with E-state index in [9.17, 15) is 4.79 Å². The standard InChI is InChI=1S/C11H24N2O2/c1-5-13(9(3)4)8-7-10(12)11(14)15-6-2/h9-10H,5-8,12H2,1-4H3. The van der Waals surface area contributed by atoms with Gasteiger partial charge in [0.1, 0.15) is 6.04 Å². The Morgan fingerprint density at radius 1 is 1.40 bits per heavy atom. The van der Waals surface area contributed by atoms with Gasteiger partial charge in [-0.1, -0.05) is 6.92 Å². The molecule has 0 aliphatic heterocycles. The molecule has 90 valence electrons. The maximum absolute atomic E-state index is 11.2. The lowest BCUT2D eigenvalue weighted by Crippen LogP contribution is -2.39. The number of rotatable bonds is 7. The molecule has 1 atom stereocenters. The number of nitrogens with two attached hydrogens (primary N) is 1. The molecule has 0 spiro atoms. The Balaban J connectivity index is 3.87. The fourth-order valence-corrected chi connectivity index (χ4v) is 1.45. The van der Waals surface area contributed by atoms with Crippen molar-refractivity contribution in [2.24, 2.45) is 5.73 Å². The summed E-state index contributed by atoms with van der Waals surface area (Å²) in [5.41, 5.74) is 5.71. The number of esters is 1. The van der Waals surface area contributed by atoms with Gasteiger partial charge in [0, 0.05) is 12.6 Å². The molecule has 0 saturated heterocycles. The Hall–Kier alpha value is -0.610. The Bertz CT molecular complexity index is 183. The Morgan fingerprint density at radius 2 is 2.00 bits per heavy atom. The molecule has 4 heteroatoms. The molecule has 1 unspecified atom stereocenters. The van der Waals surface area contributed by atoms with Crippen LogP contribution in [0.4, 0.5) is 0 Å². The molecule has 2 N–H and O–H groups in total. The summed E-state index contributed by atoms with van der Waals surface area (Å²) in [6.45, 7) is 10.4. The van der Waals surface area contributed by atoms with Gasteiger partial charge in [-0.15, -0.1) is 0 Å². The van der Waals surface area contributed by atoms with Crippen LogP contribution in [0, 0.1) is 0 Å². The number of nitrogens with zero attached hydrogens (tertiary/aromatic N) is 1. The van der Waals surface area contributed by atoms with E-state index in [1.54, 1.807) is 6.92 Å². The highest BCUT2D eigenvalue weighted by atomic mass is 16.5. The molecule has 0 aromatic carbocycles. The van der Waals surface area contributed by atoms with Crippen LogP contribution in [-0.2, 0) is 9.53 Å². The first-order chi connectivity index (χ1) is 7.02. The molecule has 0 aromatic heterocycles. The second-order valence-electron chi connectivity index (χ2n) is 3.87. The Morgan fingerprint density at radius 3 is 2.40 bits per heavy atom. The molecular formula is C11H24N2O2. The second-order valence-corrected chi connectivity index (χ2v) is 3.87. The summed E-state index contributed by atoms with van der Waals surface area (Å²) in [6, 6.07) is 0.00199. The van der Waals surface area contributed by atoms with Crippen molar-refractivity contribution in [3.63, 3.8) is 0 Å². The SMILES string of the molecule is CCOC(=O)C(N)CCN(CC)C(C)C. The van der Waals surface area contributed by atoms with E-state index < -0.39 is 6.04 Å². The van der Waals surface area contributed by atoms with E-state index in [1.807, 2.05) is 0 Å². The van der Waals surface area contributed by atoms with Gasteiger partial charge < -0.3 is 15.4 Å². The van der Waals surface area contributed by atoms with Crippen molar-refractivity contribution in [3.8, 4) is 0 Å². The normalized spacial score (nSPS) is 13.3. The van der Waals surface area contributed by atoms with Crippen LogP contribution in [0.5, 0.6) is 0 Å². The Kier molecular flexibility index (Phi) is 7.34. The number of carbonyl (C=O) groups excluding carboxylic acids is 1. The van der Waals surface area contributed by atoms with E-state index >= 15 is 0 Å². The van der Waals surface area contributed by atoms with Crippen molar-refractivity contribution >= 4 is 5.97 Å². The lowest BCUT2D eigenvalue weighted by molar-refractivity contribution is -0.144. The largest absolute Gasteiger partial charge is 0.465 e. The van der Waals surface area contributed by atoms with Gasteiger partial charge in [0.05, 0.1) is 6.61 Å². The van der Waals surface area contributed by atoms with Gasteiger partial charge in [-0.2, -0.15) is 0 Å². The molecule has 0 aromatic rings. The Labute approximate surface area is 92.8 Å². The third-order valence-electron chi connectivity index (χ3n) is 2.45. The van der Waals surface area contributed by atoms with Crippen molar-refractivity contribution in [2.45, 2.75) is 46.2 Å². The minimum atomic E-state index is -0.488. The molecule has 0 rings (SSSR count). The number of hydrogen-bond donors (Lipinski definition) is 1. The molecule has 0 heterocycles. The molecular weight excluding hydrogens is 192 g/mol. The van der Waals surface area contributed by atoms with Crippen molar-refractivity contribution in [2.75, 3.05) is 19.7 Å². The van der Waals surface area contributed by atoms with E-state index in [0.29, 0.717) is 19.1 Å². The van der Waals surface area contributed by atoms with E-state index in [-0.39, 0.29) is 5.97 Å². The van der Waals surface area contributed by atoms with Crippen LogP contribution in [-0.4, -0.2) is 42.6 Å². The average Bonchev–Trinajstić information content (AvgIpc) is 2.18. The van der Waals surface area contributed by atoms with Crippen LogP contribution >= 0.6 is 0 Å². The van der Waals surface area contributed by atoms with Crippen molar-refractivity contribution < 1.29 is 9.53 Å². The molecule has 0 saturated carbocycles. The molecule has 0 aliphatic rings. The maximum atomic E-state index is 11.2. The van der Waals surface area contributed by atoms with Gasteiger partial charge >= 0.3 is 5.97 Å². The zero-order chi connectivity index (χ0) is 11.8. The third-order valence-corrected chi connectivity index (χ3v) is 2.45. The molecule has 0 bridgehead atoms. The van der Waals surface area contributed by atoms with Gasteiger partial charge in [-0.3, -0.25) is 4.79 Å². The van der Waals surface area contributed by atoms with E-state index in [2.05, 4.69) is 25.7 Å². The molecule has 0 radical (unpaired) electrons. The molecule has 0 aliphatic carbocycles. The molecule has 0 fully saturated rings. The first-order valence-corrected chi connectivity index (χ1v) is 5.69. The molecule has 0 amide bonds. The highest BCUT2D eigenvalue weighted by molar-refractivity contribution is 5.75. The number of carbonyl (C=O) groups is 1. The summed E-state index contributed by atoms with van der Waals surface area (Å²) in [5, 5.41) is 0. The second kappa shape index (κ2) is 7.65. The third kappa shape index (κ3) is 5.74. The van der Waals surface area contributed by atoms with Crippen LogP contribution in [0.3, 0.4) is 0 Å². The monoisotopic (exact) mass is 216 g/mol. The van der Waals surface area contributed by atoms with Gasteiger partial charge in [0.25, 0.3) is 0 Å². The van der Waals surface area contributed by atoms with Crippen molar-refractivity contribution in [1.82, 2.24) is 4.90 Å². The average molecular weight is 216 g/mol. The first-order valence-electron chi connectivity index (χ1n) is 5.69. The maximum Gasteiger partial charge on any atom is 0.322 e. The summed E-state index contributed by atoms with van der Waals surface area (Å²) in [4.78, 5) is 13.5. The highest BCUT2D eigenvalue weighted by Gasteiger charge is 2.16. The quantitative estimate of drug-likeness (QED) is 0.645. The van der Waals surface area contributed by atoms with E-state index in [1.165, 1.54) is 0 Å². The van der Waals surface area contributed by atoms with Gasteiger partial charge in [-0.05, 0) is 33.7 Å². The minimum absolute atomic E-state index is 0.294. The van der Waals surface area contributed by atoms with Gasteiger partial charge in [-0.25, -0.2) is 0 Å². The summed E-state index contributed by atoms with van der Waals surface area (Å²) in [6.07, 6.45) is 0.658. The van der Waals surface area contributed by atoms with Crippen molar-refractivity contribution in [1.29, 1.82) is 0 Å². The van der Waals surface area contributed by atoms with Crippen molar-refractivity contribution in [3.05, 3.63) is 0 Å². The van der Waals surface area contributed by atoms with Crippen LogP contribution in [0.25, 0.3) is 0 Å². The van der Waals surface area contributed by atoms with Crippen LogP contribution in [0.15, 0.2) is 0 Å². The fourth-order valence-electron chi connectivity index (χ4n) is 1.45. The fraction of sp³-hybridized carbons (Fsp3) is 0.909. The zero-order valence-electron chi connectivity index (χ0n) is 10.3. The predicted octanol–water partition coefficient (Wildman–Crippen LogP) is 0.997. The lowest BCUT2D eigenvalue weighted by Gasteiger charge is -2.25. The van der Waals surface area contributed by atoms with Gasteiger partial charge in [0.15, 0.2) is 0 Å². The lowest BCUT2D eigenvalue weighted by atomic mass is 10.2. The molecule has 15 heavy (non-hydrogen) atoms. The van der Waals surface area contributed by atoms with E-state index in [0.717, 1.165) is 13.1 Å². The zero-order valence-corrected chi connectivity index (χ0v) is 10.3. The van der Waals surface area contributed by atoms with Gasteiger partial charge in [0.2, 0.25) is 0 Å². The first kappa shape index (κ1) is 14.4. The van der Waals surface area contributed by atoms with Crippen LogP contribution < -0.4 is 5.73 Å². The number of ether oxygens (including phenoxy) is 1. The molecule has 4 nitrogen and oxygen atoms in total. The minimum Gasteiger partial charge on any atom is -0.465 e. The predicted molar refractivity (Wildman–Crippen MR) is 61.6 cm³/mol. The number of hydrogen-bond acceptors (Lipinski definition) is 4.